The number of urea groups is 1. The first kappa shape index (κ1) is 17.4. The lowest BCUT2D eigenvalue weighted by molar-refractivity contribution is 0.237. The fourth-order valence-corrected chi connectivity index (χ4v) is 3.14. The van der Waals surface area contributed by atoms with Gasteiger partial charge >= 0.3 is 6.03 Å². The first-order valence-electron chi connectivity index (χ1n) is 8.80. The number of aromatic nitrogens is 3. The van der Waals surface area contributed by atoms with Gasteiger partial charge in [0.15, 0.2) is 5.82 Å². The van der Waals surface area contributed by atoms with Gasteiger partial charge < -0.3 is 15.2 Å². The average molecular weight is 342 g/mol. The molecule has 134 valence electrons. The minimum atomic E-state index is -0.211. The summed E-state index contributed by atoms with van der Waals surface area (Å²) < 4.78 is 1.80. The van der Waals surface area contributed by atoms with Gasteiger partial charge in [-0.3, -0.25) is 4.90 Å². The number of likely N-dealkylation sites (tertiary alicyclic amines) is 1. The summed E-state index contributed by atoms with van der Waals surface area (Å²) in [5.41, 5.74) is 2.41. The molecular formula is C18H26N6O. The van der Waals surface area contributed by atoms with Crippen LogP contribution in [0, 0.1) is 0 Å². The van der Waals surface area contributed by atoms with Crippen LogP contribution in [-0.4, -0.2) is 38.8 Å². The van der Waals surface area contributed by atoms with Crippen molar-refractivity contribution in [1.29, 1.82) is 0 Å². The standard InChI is InChI=1S/C18H26N6O/c1-14(17-22-20-13-23(17)2)21-18(25)19-11-15-5-7-16(8-6-15)12-24-9-3-4-10-24/h5-8,13-14H,3-4,9-12H2,1-2H3,(H2,19,21,25). The summed E-state index contributed by atoms with van der Waals surface area (Å²) in [6.07, 6.45) is 4.24. The highest BCUT2D eigenvalue weighted by molar-refractivity contribution is 5.74. The maximum atomic E-state index is 12.0. The Morgan fingerprint density at radius 1 is 1.20 bits per heavy atom. The highest BCUT2D eigenvalue weighted by atomic mass is 16.2. The van der Waals surface area contributed by atoms with E-state index in [4.69, 9.17) is 0 Å². The quantitative estimate of drug-likeness (QED) is 0.842. The molecule has 2 amide bonds. The van der Waals surface area contributed by atoms with Crippen LogP contribution in [0.15, 0.2) is 30.6 Å². The number of carbonyl (C=O) groups is 1. The monoisotopic (exact) mass is 342 g/mol. The molecule has 2 aromatic rings. The zero-order valence-corrected chi connectivity index (χ0v) is 14.9. The van der Waals surface area contributed by atoms with Crippen molar-refractivity contribution in [3.8, 4) is 0 Å². The fourth-order valence-electron chi connectivity index (χ4n) is 3.14. The van der Waals surface area contributed by atoms with E-state index in [0.29, 0.717) is 6.54 Å². The molecule has 7 nitrogen and oxygen atoms in total. The Morgan fingerprint density at radius 3 is 2.52 bits per heavy atom. The van der Waals surface area contributed by atoms with Crippen LogP contribution >= 0.6 is 0 Å². The number of amides is 2. The molecular weight excluding hydrogens is 316 g/mol. The zero-order chi connectivity index (χ0) is 17.6. The molecule has 1 aromatic carbocycles. The molecule has 2 heterocycles. The molecule has 0 radical (unpaired) electrons. The third-order valence-electron chi connectivity index (χ3n) is 4.56. The Labute approximate surface area is 148 Å². The summed E-state index contributed by atoms with van der Waals surface area (Å²) in [5, 5.41) is 13.6. The second-order valence-electron chi connectivity index (χ2n) is 6.65. The molecule has 3 rings (SSSR count). The molecule has 25 heavy (non-hydrogen) atoms. The molecule has 1 atom stereocenters. The smallest absolute Gasteiger partial charge is 0.315 e. The number of aryl methyl sites for hydroxylation is 1. The topological polar surface area (TPSA) is 75.1 Å². The van der Waals surface area contributed by atoms with Gasteiger partial charge in [0.2, 0.25) is 0 Å². The predicted molar refractivity (Wildman–Crippen MR) is 95.7 cm³/mol. The molecule has 1 aliphatic heterocycles. The predicted octanol–water partition coefficient (Wildman–Crippen LogP) is 1.97. The van der Waals surface area contributed by atoms with Crippen LogP contribution < -0.4 is 10.6 Å². The van der Waals surface area contributed by atoms with Crippen LogP contribution in [0.2, 0.25) is 0 Å². The van der Waals surface area contributed by atoms with E-state index in [0.717, 1.165) is 17.9 Å². The van der Waals surface area contributed by atoms with E-state index in [2.05, 4.69) is 50.0 Å². The van der Waals surface area contributed by atoms with Crippen molar-refractivity contribution in [2.24, 2.45) is 7.05 Å². The minimum Gasteiger partial charge on any atom is -0.334 e. The summed E-state index contributed by atoms with van der Waals surface area (Å²) >= 11 is 0. The van der Waals surface area contributed by atoms with Crippen LogP contribution in [0.25, 0.3) is 0 Å². The Bertz CT molecular complexity index is 690. The summed E-state index contributed by atoms with van der Waals surface area (Å²) in [6.45, 7) is 5.81. The van der Waals surface area contributed by atoms with Crippen molar-refractivity contribution in [1.82, 2.24) is 30.3 Å². The first-order valence-corrected chi connectivity index (χ1v) is 8.80. The normalized spacial score (nSPS) is 15.9. The molecule has 7 heteroatoms. The number of carbonyl (C=O) groups excluding carboxylic acids is 1. The van der Waals surface area contributed by atoms with E-state index in [1.54, 1.807) is 10.9 Å². The van der Waals surface area contributed by atoms with E-state index in [-0.39, 0.29) is 12.1 Å². The van der Waals surface area contributed by atoms with Crippen molar-refractivity contribution in [2.75, 3.05) is 13.1 Å². The summed E-state index contributed by atoms with van der Waals surface area (Å²) in [7, 11) is 1.86. The highest BCUT2D eigenvalue weighted by Gasteiger charge is 2.14. The van der Waals surface area contributed by atoms with Gasteiger partial charge in [0, 0.05) is 20.1 Å². The van der Waals surface area contributed by atoms with Gasteiger partial charge in [0.25, 0.3) is 0 Å². The number of hydrogen-bond donors (Lipinski definition) is 2. The third-order valence-corrected chi connectivity index (χ3v) is 4.56. The van der Waals surface area contributed by atoms with Crippen LogP contribution in [0.4, 0.5) is 4.79 Å². The Kier molecular flexibility index (Phi) is 5.65. The van der Waals surface area contributed by atoms with Crippen LogP contribution in [-0.2, 0) is 20.1 Å². The van der Waals surface area contributed by atoms with E-state index in [9.17, 15) is 4.79 Å². The first-order chi connectivity index (χ1) is 12.1. The van der Waals surface area contributed by atoms with Gasteiger partial charge in [-0.2, -0.15) is 0 Å². The lowest BCUT2D eigenvalue weighted by Crippen LogP contribution is -2.37. The van der Waals surface area contributed by atoms with E-state index in [1.807, 2.05) is 14.0 Å². The Hall–Kier alpha value is -2.41. The lowest BCUT2D eigenvalue weighted by atomic mass is 10.1. The molecule has 0 bridgehead atoms. The number of nitrogens with one attached hydrogen (secondary N) is 2. The molecule has 1 unspecified atom stereocenters. The van der Waals surface area contributed by atoms with Gasteiger partial charge in [-0.05, 0) is 44.0 Å². The Morgan fingerprint density at radius 2 is 1.88 bits per heavy atom. The van der Waals surface area contributed by atoms with Crippen LogP contribution in [0.5, 0.6) is 0 Å². The van der Waals surface area contributed by atoms with Crippen LogP contribution in [0.3, 0.4) is 0 Å². The van der Waals surface area contributed by atoms with E-state index in [1.165, 1.54) is 31.5 Å². The Balaban J connectivity index is 1.44. The molecule has 1 fully saturated rings. The number of rotatable bonds is 6. The number of benzene rings is 1. The minimum absolute atomic E-state index is 0.199. The lowest BCUT2D eigenvalue weighted by Gasteiger charge is -2.15. The number of hydrogen-bond acceptors (Lipinski definition) is 4. The second kappa shape index (κ2) is 8.11. The molecule has 0 saturated carbocycles. The maximum absolute atomic E-state index is 12.0. The number of nitrogens with zero attached hydrogens (tertiary/aromatic N) is 4. The van der Waals surface area contributed by atoms with Gasteiger partial charge in [0.1, 0.15) is 6.33 Å². The van der Waals surface area contributed by atoms with Crippen molar-refractivity contribution in [2.45, 2.75) is 38.9 Å². The summed E-state index contributed by atoms with van der Waals surface area (Å²) in [5.74, 6) is 0.724. The molecule has 1 aromatic heterocycles. The molecule has 0 aliphatic carbocycles. The third kappa shape index (κ3) is 4.79. The average Bonchev–Trinajstić information content (AvgIpc) is 3.26. The highest BCUT2D eigenvalue weighted by Crippen LogP contribution is 2.13. The second-order valence-corrected chi connectivity index (χ2v) is 6.65. The summed E-state index contributed by atoms with van der Waals surface area (Å²) in [6, 6.07) is 8.05. The van der Waals surface area contributed by atoms with Gasteiger partial charge in [-0.1, -0.05) is 24.3 Å². The van der Waals surface area contributed by atoms with Crippen molar-refractivity contribution >= 4 is 6.03 Å². The fraction of sp³-hybridized carbons (Fsp3) is 0.500. The van der Waals surface area contributed by atoms with Gasteiger partial charge in [0.05, 0.1) is 6.04 Å². The van der Waals surface area contributed by atoms with Crippen molar-refractivity contribution < 1.29 is 4.79 Å². The maximum Gasteiger partial charge on any atom is 0.315 e. The zero-order valence-electron chi connectivity index (χ0n) is 14.9. The van der Waals surface area contributed by atoms with E-state index < -0.39 is 0 Å². The SMILES string of the molecule is CC(NC(=O)NCc1ccc(CN2CCCC2)cc1)c1nncn1C. The molecule has 0 spiro atoms. The van der Waals surface area contributed by atoms with E-state index >= 15 is 0 Å². The van der Waals surface area contributed by atoms with Gasteiger partial charge in [-0.15, -0.1) is 10.2 Å². The molecule has 1 aliphatic rings. The van der Waals surface area contributed by atoms with Crippen LogP contribution in [0.1, 0.15) is 42.8 Å². The van der Waals surface area contributed by atoms with Crippen molar-refractivity contribution in [3.05, 3.63) is 47.5 Å². The largest absolute Gasteiger partial charge is 0.334 e. The molecule has 2 N–H and O–H groups in total. The molecule has 1 saturated heterocycles. The van der Waals surface area contributed by atoms with Crippen molar-refractivity contribution in [3.63, 3.8) is 0 Å². The van der Waals surface area contributed by atoms with Gasteiger partial charge in [-0.25, -0.2) is 4.79 Å². The summed E-state index contributed by atoms with van der Waals surface area (Å²) in [4.78, 5) is 14.5.